The molecule has 0 N–H and O–H groups in total. The van der Waals surface area contributed by atoms with Gasteiger partial charge in [-0.2, -0.15) is 0 Å². The highest BCUT2D eigenvalue weighted by Crippen LogP contribution is 2.09. The summed E-state index contributed by atoms with van der Waals surface area (Å²) in [5.74, 6) is 0.0381. The molecule has 0 aliphatic carbocycles. The Morgan fingerprint density at radius 1 is 1.29 bits per heavy atom. The summed E-state index contributed by atoms with van der Waals surface area (Å²) in [6.07, 6.45) is 3.60. The lowest BCUT2D eigenvalue weighted by atomic mass is 10.3. The third kappa shape index (κ3) is 2.31. The van der Waals surface area contributed by atoms with Gasteiger partial charge >= 0.3 is 5.91 Å². The highest BCUT2D eigenvalue weighted by molar-refractivity contribution is 5.63. The molecule has 1 heterocycles. The second-order valence-electron chi connectivity index (χ2n) is 3.15. The molecule has 14 heavy (non-hydrogen) atoms. The fourth-order valence-corrected chi connectivity index (χ4v) is 1.43. The molecule has 0 aliphatic rings. The molecule has 0 fully saturated rings. The maximum absolute atomic E-state index is 11.0. The van der Waals surface area contributed by atoms with E-state index in [2.05, 4.69) is 18.7 Å². The summed E-state index contributed by atoms with van der Waals surface area (Å²) in [6.45, 7) is 7.77. The minimum atomic E-state index is 0.0381. The molecule has 0 amide bonds. The van der Waals surface area contributed by atoms with Crippen molar-refractivity contribution in [3.05, 3.63) is 24.5 Å². The lowest BCUT2D eigenvalue weighted by molar-refractivity contribution is -0.572. The third-order valence-corrected chi connectivity index (χ3v) is 2.30. The average Bonchev–Trinajstić information content (AvgIpc) is 2.20. The molecule has 0 unspecified atom stereocenters. The van der Waals surface area contributed by atoms with Gasteiger partial charge in [0.1, 0.15) is 0 Å². The van der Waals surface area contributed by atoms with E-state index >= 15 is 0 Å². The number of hydrogen-bond donors (Lipinski definition) is 0. The van der Waals surface area contributed by atoms with Gasteiger partial charge in [0.05, 0.1) is 6.92 Å². The van der Waals surface area contributed by atoms with E-state index in [4.69, 9.17) is 0 Å². The monoisotopic (exact) mass is 193 g/mol. The highest BCUT2D eigenvalue weighted by Gasteiger charge is 2.08. The van der Waals surface area contributed by atoms with Gasteiger partial charge in [-0.3, -0.25) is 0 Å². The summed E-state index contributed by atoms with van der Waals surface area (Å²) in [7, 11) is 0. The van der Waals surface area contributed by atoms with Crippen molar-refractivity contribution >= 4 is 11.6 Å². The fourth-order valence-electron chi connectivity index (χ4n) is 1.43. The van der Waals surface area contributed by atoms with E-state index in [1.807, 2.05) is 12.1 Å². The first-order chi connectivity index (χ1) is 6.69. The van der Waals surface area contributed by atoms with Crippen LogP contribution < -0.4 is 9.47 Å². The molecule has 0 atom stereocenters. The summed E-state index contributed by atoms with van der Waals surface area (Å²) in [4.78, 5) is 13.3. The summed E-state index contributed by atoms with van der Waals surface area (Å²) in [5, 5.41) is 0. The highest BCUT2D eigenvalue weighted by atomic mass is 16.1. The van der Waals surface area contributed by atoms with Crippen LogP contribution in [0.5, 0.6) is 0 Å². The second-order valence-corrected chi connectivity index (χ2v) is 3.15. The van der Waals surface area contributed by atoms with Crippen molar-refractivity contribution in [1.29, 1.82) is 0 Å². The van der Waals surface area contributed by atoms with Crippen molar-refractivity contribution in [3.63, 3.8) is 0 Å². The molecule has 1 aromatic heterocycles. The van der Waals surface area contributed by atoms with Crippen LogP contribution in [-0.2, 0) is 0 Å². The van der Waals surface area contributed by atoms with Crippen LogP contribution in [-0.4, -0.2) is 19.0 Å². The van der Waals surface area contributed by atoms with Crippen molar-refractivity contribution < 1.29 is 9.36 Å². The molecule has 3 nitrogen and oxygen atoms in total. The van der Waals surface area contributed by atoms with E-state index < -0.39 is 0 Å². The SMILES string of the molecule is CCN(CC)c1cc[n+](C(C)=O)cc1. The Morgan fingerprint density at radius 2 is 1.79 bits per heavy atom. The van der Waals surface area contributed by atoms with Crippen LogP contribution in [0.1, 0.15) is 25.6 Å². The topological polar surface area (TPSA) is 24.2 Å². The Morgan fingerprint density at radius 3 is 2.14 bits per heavy atom. The summed E-state index contributed by atoms with van der Waals surface area (Å²) in [6, 6.07) is 3.93. The van der Waals surface area contributed by atoms with E-state index in [-0.39, 0.29) is 5.91 Å². The van der Waals surface area contributed by atoms with Gasteiger partial charge in [0, 0.05) is 30.9 Å². The normalized spacial score (nSPS) is 9.93. The van der Waals surface area contributed by atoms with Crippen molar-refractivity contribution in [2.45, 2.75) is 20.8 Å². The molecular weight excluding hydrogens is 176 g/mol. The zero-order valence-corrected chi connectivity index (χ0v) is 9.03. The van der Waals surface area contributed by atoms with Crippen molar-refractivity contribution in [2.24, 2.45) is 0 Å². The molecule has 1 rings (SSSR count). The van der Waals surface area contributed by atoms with Gasteiger partial charge in [0.2, 0.25) is 0 Å². The van der Waals surface area contributed by atoms with Crippen LogP contribution in [0, 0.1) is 0 Å². The molecule has 0 bridgehead atoms. The Bertz CT molecular complexity index is 302. The van der Waals surface area contributed by atoms with Crippen LogP contribution in [0.3, 0.4) is 0 Å². The predicted molar refractivity (Wildman–Crippen MR) is 56.5 cm³/mol. The second kappa shape index (κ2) is 4.74. The summed E-state index contributed by atoms with van der Waals surface area (Å²) >= 11 is 0. The first-order valence-electron chi connectivity index (χ1n) is 4.96. The Balaban J connectivity index is 2.87. The lowest BCUT2D eigenvalue weighted by Gasteiger charge is -2.19. The first-order valence-corrected chi connectivity index (χ1v) is 4.96. The smallest absolute Gasteiger partial charge is 0.372 e. The molecule has 0 spiro atoms. The molecule has 0 saturated heterocycles. The van der Waals surface area contributed by atoms with Crippen LogP contribution in [0.4, 0.5) is 5.69 Å². The number of rotatable bonds is 3. The standard InChI is InChI=1S/C11H17N2O/c1-4-12(5-2)11-6-8-13(9-7-11)10(3)14/h6-9H,4-5H2,1-3H3/q+1. The molecule has 0 aliphatic heterocycles. The van der Waals surface area contributed by atoms with E-state index in [0.717, 1.165) is 18.8 Å². The van der Waals surface area contributed by atoms with Crippen LogP contribution in [0.2, 0.25) is 0 Å². The quantitative estimate of drug-likeness (QED) is 0.679. The number of hydrogen-bond acceptors (Lipinski definition) is 2. The molecule has 0 saturated carbocycles. The zero-order valence-electron chi connectivity index (χ0n) is 9.03. The minimum Gasteiger partial charge on any atom is -0.372 e. The summed E-state index contributed by atoms with van der Waals surface area (Å²) < 4.78 is 1.58. The van der Waals surface area contributed by atoms with Gasteiger partial charge in [-0.1, -0.05) is 0 Å². The molecule has 0 aromatic carbocycles. The van der Waals surface area contributed by atoms with Crippen LogP contribution >= 0.6 is 0 Å². The fraction of sp³-hybridized carbons (Fsp3) is 0.455. The van der Waals surface area contributed by atoms with Crippen LogP contribution in [0.25, 0.3) is 0 Å². The number of nitrogens with zero attached hydrogens (tertiary/aromatic N) is 2. The molecule has 76 valence electrons. The predicted octanol–water partition coefficient (Wildman–Crippen LogP) is 1.48. The van der Waals surface area contributed by atoms with E-state index in [0.29, 0.717) is 0 Å². The number of pyridine rings is 1. The van der Waals surface area contributed by atoms with E-state index in [1.165, 1.54) is 0 Å². The van der Waals surface area contributed by atoms with Gasteiger partial charge in [-0.25, -0.2) is 4.79 Å². The minimum absolute atomic E-state index is 0.0381. The maximum Gasteiger partial charge on any atom is 0.389 e. The number of carbonyl (C=O) groups is 1. The summed E-state index contributed by atoms with van der Waals surface area (Å²) in [5.41, 5.74) is 1.16. The first kappa shape index (κ1) is 10.7. The maximum atomic E-state index is 11.0. The van der Waals surface area contributed by atoms with Gasteiger partial charge in [0.25, 0.3) is 0 Å². The third-order valence-electron chi connectivity index (χ3n) is 2.30. The molecule has 0 radical (unpaired) electrons. The zero-order chi connectivity index (χ0) is 10.6. The van der Waals surface area contributed by atoms with Crippen molar-refractivity contribution in [2.75, 3.05) is 18.0 Å². The van der Waals surface area contributed by atoms with E-state index in [1.54, 1.807) is 23.9 Å². The largest absolute Gasteiger partial charge is 0.389 e. The van der Waals surface area contributed by atoms with Gasteiger partial charge in [-0.05, 0) is 13.8 Å². The van der Waals surface area contributed by atoms with E-state index in [9.17, 15) is 4.79 Å². The Kier molecular flexibility index (Phi) is 3.63. The number of aromatic nitrogens is 1. The number of carbonyl (C=O) groups excluding carboxylic acids is 1. The Hall–Kier alpha value is -1.38. The van der Waals surface area contributed by atoms with Gasteiger partial charge < -0.3 is 4.90 Å². The average molecular weight is 193 g/mol. The van der Waals surface area contributed by atoms with Crippen LogP contribution in [0.15, 0.2) is 24.5 Å². The van der Waals surface area contributed by atoms with Crippen molar-refractivity contribution in [1.82, 2.24) is 0 Å². The molecule has 3 heteroatoms. The molecule has 1 aromatic rings. The number of anilines is 1. The van der Waals surface area contributed by atoms with Gasteiger partial charge in [0.15, 0.2) is 12.4 Å². The Labute approximate surface area is 85.0 Å². The van der Waals surface area contributed by atoms with Gasteiger partial charge in [-0.15, -0.1) is 4.57 Å². The molecular formula is C11H17N2O+. The van der Waals surface area contributed by atoms with Crippen molar-refractivity contribution in [3.8, 4) is 0 Å². The lowest BCUT2D eigenvalue weighted by Crippen LogP contribution is -2.39.